The number of fused-ring (bicyclic) bond motifs is 7. The first-order chi connectivity index (χ1) is 15.5. The Kier molecular flexibility index (Phi) is 5.01. The number of para-hydroxylation sites is 2. The summed E-state index contributed by atoms with van der Waals surface area (Å²) in [5.74, 6) is -1.34. The number of quaternary nitrogens is 1. The molecule has 1 saturated heterocycles. The first kappa shape index (κ1) is 20.4. The molecule has 2 aliphatic heterocycles. The van der Waals surface area contributed by atoms with Crippen LogP contribution in [-0.2, 0) is 16.0 Å². The Hall–Kier alpha value is -3.53. The van der Waals surface area contributed by atoms with Gasteiger partial charge in [0, 0.05) is 24.5 Å². The van der Waals surface area contributed by atoms with Crippen molar-refractivity contribution < 1.29 is 24.8 Å². The summed E-state index contributed by atoms with van der Waals surface area (Å²) in [5, 5.41) is 24.2. The van der Waals surface area contributed by atoms with E-state index in [0.29, 0.717) is 41.7 Å². The average Bonchev–Trinajstić information content (AvgIpc) is 3.42. The van der Waals surface area contributed by atoms with Gasteiger partial charge in [-0.15, -0.1) is 0 Å². The highest BCUT2D eigenvalue weighted by Gasteiger charge is 2.40. The fraction of sp³-hybridized carbons (Fsp3) is 0.261. The van der Waals surface area contributed by atoms with Gasteiger partial charge in [-0.05, 0) is 36.6 Å². The van der Waals surface area contributed by atoms with Crippen LogP contribution in [-0.4, -0.2) is 51.0 Å². The lowest BCUT2D eigenvalue weighted by Crippen LogP contribution is -3.11. The van der Waals surface area contributed by atoms with Crippen LogP contribution in [0.3, 0.4) is 0 Å². The number of hydrogen-bond acceptors (Lipinski definition) is 5. The van der Waals surface area contributed by atoms with E-state index in [1.54, 1.807) is 42.6 Å². The number of hydrogen-bond donors (Lipinski definition) is 3. The molecule has 1 unspecified atom stereocenters. The van der Waals surface area contributed by atoms with Crippen LogP contribution in [0, 0.1) is 5.21 Å². The van der Waals surface area contributed by atoms with E-state index in [9.17, 15) is 24.8 Å². The van der Waals surface area contributed by atoms with Crippen molar-refractivity contribution in [2.45, 2.75) is 31.3 Å². The van der Waals surface area contributed by atoms with Gasteiger partial charge >= 0.3 is 0 Å². The molecule has 164 valence electrons. The predicted octanol–water partition coefficient (Wildman–Crippen LogP) is 0.956. The summed E-state index contributed by atoms with van der Waals surface area (Å²) in [7, 11) is 0. The Morgan fingerprint density at radius 1 is 1.06 bits per heavy atom. The third kappa shape index (κ3) is 3.27. The molecule has 2 bridgehead atoms. The van der Waals surface area contributed by atoms with Crippen LogP contribution in [0.2, 0.25) is 0 Å². The minimum absolute atomic E-state index is 0.0680. The predicted molar refractivity (Wildman–Crippen MR) is 115 cm³/mol. The molecule has 9 heteroatoms. The number of amides is 2. The number of carbonyl (C=O) groups is 3. The van der Waals surface area contributed by atoms with Crippen LogP contribution in [0.1, 0.15) is 28.8 Å². The van der Waals surface area contributed by atoms with Gasteiger partial charge in [0.25, 0.3) is 11.8 Å². The fourth-order valence-electron chi connectivity index (χ4n) is 4.71. The first-order valence-corrected chi connectivity index (χ1v) is 10.5. The summed E-state index contributed by atoms with van der Waals surface area (Å²) in [5.41, 5.74) is 1.89. The third-order valence-corrected chi connectivity index (χ3v) is 6.29. The number of carbonyl (C=O) groups excluding carboxylic acids is 3. The molecule has 1 aromatic heterocycles. The van der Waals surface area contributed by atoms with E-state index in [-0.39, 0.29) is 12.3 Å². The smallest absolute Gasteiger partial charge is 0.285 e. The molecule has 0 radical (unpaired) electrons. The summed E-state index contributed by atoms with van der Waals surface area (Å²) in [6.07, 6.45) is 2.59. The molecular weight excluding hydrogens is 412 g/mol. The zero-order chi connectivity index (χ0) is 22.4. The number of hydroxylamine groups is 2. The quantitative estimate of drug-likeness (QED) is 0.493. The van der Waals surface area contributed by atoms with Crippen molar-refractivity contribution in [1.82, 2.24) is 9.47 Å². The van der Waals surface area contributed by atoms with Gasteiger partial charge < -0.3 is 15.4 Å². The number of anilines is 1. The SMILES string of the molecule is O=C1Nc2ccccc2C(=O)n2cc(c3ccccc32)C[C@H]([NH+]([O-])O)C(=O)N2CCC[C@@H]12. The molecule has 3 atom stereocenters. The lowest BCUT2D eigenvalue weighted by atomic mass is 10.0. The van der Waals surface area contributed by atoms with E-state index in [4.69, 9.17) is 0 Å². The minimum atomic E-state index is -1.35. The highest BCUT2D eigenvalue weighted by Crippen LogP contribution is 2.28. The Balaban J connectivity index is 1.72. The molecule has 9 nitrogen and oxygen atoms in total. The van der Waals surface area contributed by atoms with Gasteiger partial charge in [0.1, 0.15) is 6.04 Å². The van der Waals surface area contributed by atoms with Gasteiger partial charge in [0.2, 0.25) is 11.9 Å². The second kappa shape index (κ2) is 7.86. The lowest BCUT2D eigenvalue weighted by molar-refractivity contribution is -1.06. The number of benzene rings is 2. The highest BCUT2D eigenvalue weighted by atomic mass is 16.8. The van der Waals surface area contributed by atoms with E-state index in [1.807, 2.05) is 12.1 Å². The van der Waals surface area contributed by atoms with Crippen molar-refractivity contribution in [1.29, 1.82) is 0 Å². The van der Waals surface area contributed by atoms with Crippen LogP contribution in [0.15, 0.2) is 54.7 Å². The molecular formula is C23H22N4O5. The fourth-order valence-corrected chi connectivity index (χ4v) is 4.71. The van der Waals surface area contributed by atoms with Crippen LogP contribution in [0.4, 0.5) is 5.69 Å². The molecule has 0 aliphatic carbocycles. The van der Waals surface area contributed by atoms with Crippen molar-refractivity contribution in [3.63, 3.8) is 0 Å². The van der Waals surface area contributed by atoms with Crippen molar-refractivity contribution >= 4 is 34.3 Å². The number of rotatable bonds is 1. The van der Waals surface area contributed by atoms with Crippen molar-refractivity contribution in [2.24, 2.45) is 0 Å². The van der Waals surface area contributed by atoms with Crippen LogP contribution >= 0.6 is 0 Å². The van der Waals surface area contributed by atoms with E-state index >= 15 is 0 Å². The summed E-state index contributed by atoms with van der Waals surface area (Å²) < 4.78 is 1.46. The molecule has 0 spiro atoms. The second-order valence-corrected chi connectivity index (χ2v) is 8.17. The lowest BCUT2D eigenvalue weighted by Gasteiger charge is -2.30. The summed E-state index contributed by atoms with van der Waals surface area (Å²) in [4.78, 5) is 41.2. The Labute approximate surface area is 183 Å². The van der Waals surface area contributed by atoms with Crippen LogP contribution in [0.5, 0.6) is 0 Å². The molecule has 3 N–H and O–H groups in total. The molecule has 3 aromatic rings. The molecule has 32 heavy (non-hydrogen) atoms. The standard InChI is InChI=1S/C23H22N4O5/c28-21-19-10-5-11-25(19)23(30)20(27(31)32)12-14-13-26(18-9-4-2-6-15(14)18)22(29)16-7-1-3-8-17(16)24-21/h1-4,6-9,13,19-20,27,31H,5,10-12H2,(H,24,28)/t19-,20-/m0/s1. The van der Waals surface area contributed by atoms with Gasteiger partial charge in [-0.1, -0.05) is 30.3 Å². The van der Waals surface area contributed by atoms with Gasteiger partial charge in [0.15, 0.2) is 0 Å². The van der Waals surface area contributed by atoms with Gasteiger partial charge in [-0.2, -0.15) is 0 Å². The molecule has 0 saturated carbocycles. The summed E-state index contributed by atoms with van der Waals surface area (Å²) in [6, 6.07) is 11.8. The number of aromatic nitrogens is 1. The molecule has 2 amide bonds. The number of nitrogens with one attached hydrogen (secondary N) is 2. The maximum atomic E-state index is 13.5. The minimum Gasteiger partial charge on any atom is -0.599 e. The van der Waals surface area contributed by atoms with Crippen molar-refractivity contribution in [3.05, 3.63) is 71.1 Å². The molecule has 2 aliphatic rings. The van der Waals surface area contributed by atoms with E-state index < -0.39 is 29.1 Å². The first-order valence-electron chi connectivity index (χ1n) is 10.5. The molecule has 1 fully saturated rings. The van der Waals surface area contributed by atoms with Gasteiger partial charge in [-0.3, -0.25) is 19.0 Å². The number of nitrogens with zero attached hydrogens (tertiary/aromatic N) is 2. The Morgan fingerprint density at radius 3 is 2.62 bits per heavy atom. The monoisotopic (exact) mass is 434 g/mol. The van der Waals surface area contributed by atoms with E-state index in [2.05, 4.69) is 5.32 Å². The average molecular weight is 434 g/mol. The molecule has 5 rings (SSSR count). The van der Waals surface area contributed by atoms with Crippen molar-refractivity contribution in [3.8, 4) is 0 Å². The third-order valence-electron chi connectivity index (χ3n) is 6.29. The normalized spacial score (nSPS) is 22.4. The second-order valence-electron chi connectivity index (χ2n) is 8.17. The topological polar surface area (TPSA) is 119 Å². The maximum Gasteiger partial charge on any atom is 0.285 e. The maximum absolute atomic E-state index is 13.5. The Bertz CT molecular complexity index is 1230. The Morgan fingerprint density at radius 2 is 1.81 bits per heavy atom. The summed E-state index contributed by atoms with van der Waals surface area (Å²) >= 11 is 0. The van der Waals surface area contributed by atoms with Gasteiger partial charge in [0.05, 0.1) is 16.8 Å². The van der Waals surface area contributed by atoms with E-state index in [0.717, 1.165) is 5.39 Å². The zero-order valence-corrected chi connectivity index (χ0v) is 17.2. The highest BCUT2D eigenvalue weighted by molar-refractivity contribution is 6.09. The summed E-state index contributed by atoms with van der Waals surface area (Å²) in [6.45, 7) is 0.322. The largest absolute Gasteiger partial charge is 0.599 e. The molecule has 2 aromatic carbocycles. The zero-order valence-electron chi connectivity index (χ0n) is 17.2. The van der Waals surface area contributed by atoms with Gasteiger partial charge in [-0.25, -0.2) is 10.4 Å². The van der Waals surface area contributed by atoms with Crippen molar-refractivity contribution in [2.75, 3.05) is 11.9 Å². The van der Waals surface area contributed by atoms with E-state index in [1.165, 1.54) is 9.47 Å². The molecule has 3 heterocycles. The van der Waals surface area contributed by atoms with Crippen LogP contribution in [0.25, 0.3) is 10.9 Å². The van der Waals surface area contributed by atoms with Crippen LogP contribution < -0.4 is 10.5 Å².